The van der Waals surface area contributed by atoms with E-state index in [9.17, 15) is 28.0 Å². The molecule has 1 aromatic carbocycles. The number of carbonyl (C=O) groups is 3. The summed E-state index contributed by atoms with van der Waals surface area (Å²) in [7, 11) is 1.76. The summed E-state index contributed by atoms with van der Waals surface area (Å²) in [4.78, 5) is 67.5. The fourth-order valence-corrected chi connectivity index (χ4v) is 10.9. The molecule has 2 unspecified atom stereocenters. The second-order valence-electron chi connectivity index (χ2n) is 18.3. The summed E-state index contributed by atoms with van der Waals surface area (Å²) in [6, 6.07) is 7.21. The highest BCUT2D eigenvalue weighted by Gasteiger charge is 2.43. The highest BCUT2D eigenvalue weighted by molar-refractivity contribution is 6.24. The summed E-state index contributed by atoms with van der Waals surface area (Å²) >= 11 is 0. The van der Waals surface area contributed by atoms with E-state index in [4.69, 9.17) is 10.5 Å². The number of alkyl halides is 2. The van der Waals surface area contributed by atoms with E-state index in [0.717, 1.165) is 101 Å². The molecule has 17 nitrogen and oxygen atoms in total. The van der Waals surface area contributed by atoms with Gasteiger partial charge in [0, 0.05) is 77.9 Å². The molecular formula is C44H54F2N12O5. The van der Waals surface area contributed by atoms with Crippen LogP contribution in [-0.4, -0.2) is 121 Å². The Kier molecular flexibility index (Phi) is 11.1. The van der Waals surface area contributed by atoms with Gasteiger partial charge in [-0.2, -0.15) is 5.10 Å². The number of aromatic nitrogens is 6. The number of rotatable bonds is 12. The van der Waals surface area contributed by atoms with Crippen LogP contribution in [0.4, 0.5) is 20.3 Å². The number of imidazole rings is 1. The first-order valence-corrected chi connectivity index (χ1v) is 22.3. The van der Waals surface area contributed by atoms with Crippen molar-refractivity contribution in [3.63, 3.8) is 0 Å². The molecular weight excluding hydrogens is 815 g/mol. The summed E-state index contributed by atoms with van der Waals surface area (Å²) in [5.74, 6) is 0.688. The zero-order valence-electron chi connectivity index (χ0n) is 35.4. The number of hydrogen-bond donors (Lipinski definition) is 3. The van der Waals surface area contributed by atoms with Crippen LogP contribution in [0.1, 0.15) is 92.9 Å². The van der Waals surface area contributed by atoms with Gasteiger partial charge in [-0.1, -0.05) is 12.1 Å². The smallest absolute Gasteiger partial charge is 0.329 e. The number of benzene rings is 1. The number of hydrogen-bond acceptors (Lipinski definition) is 12. The van der Waals surface area contributed by atoms with E-state index in [1.54, 1.807) is 33.1 Å². The normalized spacial score (nSPS) is 28.0. The van der Waals surface area contributed by atoms with E-state index in [-0.39, 0.29) is 53.3 Å². The maximum absolute atomic E-state index is 14.3. The highest BCUT2D eigenvalue weighted by atomic mass is 19.3. The van der Waals surface area contributed by atoms with Crippen LogP contribution in [0.25, 0.3) is 16.6 Å². The molecule has 5 atom stereocenters. The van der Waals surface area contributed by atoms with Crippen LogP contribution < -0.4 is 27.0 Å². The molecule has 19 heteroatoms. The molecule has 0 spiro atoms. The van der Waals surface area contributed by atoms with E-state index in [0.29, 0.717) is 43.1 Å². The number of para-hydroxylation sites is 1. The largest absolute Gasteiger partial charge is 0.404 e. The fraction of sp³-hybridized carbons (Fsp3) is 0.568. The Hall–Kier alpha value is -5.53. The van der Waals surface area contributed by atoms with E-state index >= 15 is 0 Å². The number of ether oxygens (including phenoxy) is 1. The number of imide groups is 1. The molecule has 6 fully saturated rings. The van der Waals surface area contributed by atoms with Crippen molar-refractivity contribution in [1.82, 2.24) is 44.0 Å². The lowest BCUT2D eigenvalue weighted by atomic mass is 9.85. The average molecular weight is 869 g/mol. The second-order valence-corrected chi connectivity index (χ2v) is 18.3. The topological polar surface area (TPSA) is 191 Å². The van der Waals surface area contributed by atoms with Gasteiger partial charge in [-0.3, -0.25) is 33.5 Å². The maximum Gasteiger partial charge on any atom is 0.329 e. The summed E-state index contributed by atoms with van der Waals surface area (Å²) in [5, 5.41) is 9.30. The number of carbonyl (C=O) groups excluding carboxylic acids is 3. The Morgan fingerprint density at radius 2 is 1.79 bits per heavy atom. The molecule has 0 radical (unpaired) electrons. The monoisotopic (exact) mass is 868 g/mol. The summed E-state index contributed by atoms with van der Waals surface area (Å²) in [6.45, 7) is 7.26. The maximum atomic E-state index is 14.3. The first kappa shape index (κ1) is 41.5. The molecule has 4 saturated heterocycles. The number of anilines is 2. The first-order valence-electron chi connectivity index (χ1n) is 22.3. The van der Waals surface area contributed by atoms with Crippen LogP contribution in [-0.2, 0) is 26.2 Å². The molecule has 4 N–H and O–H groups in total. The van der Waals surface area contributed by atoms with Crippen molar-refractivity contribution >= 4 is 45.8 Å². The molecule has 334 valence electrons. The molecule has 4 aliphatic heterocycles. The molecule has 3 aromatic heterocycles. The number of piperidine rings is 1. The van der Waals surface area contributed by atoms with Gasteiger partial charge in [0.05, 0.1) is 47.1 Å². The zero-order chi connectivity index (χ0) is 43.5. The predicted molar refractivity (Wildman–Crippen MR) is 229 cm³/mol. The molecule has 10 rings (SSSR count). The number of nitrogens with one attached hydrogen (secondary N) is 2. The lowest BCUT2D eigenvalue weighted by molar-refractivity contribution is -0.135. The molecule has 6 aliphatic rings. The molecule has 4 aromatic rings. The van der Waals surface area contributed by atoms with Crippen molar-refractivity contribution in [3.05, 3.63) is 70.4 Å². The third-order valence-corrected chi connectivity index (χ3v) is 14.3. The number of halogens is 2. The lowest BCUT2D eigenvalue weighted by Crippen LogP contribution is -2.48. The van der Waals surface area contributed by atoms with Gasteiger partial charge >= 0.3 is 5.69 Å². The molecule has 2 aliphatic carbocycles. The number of morpholine rings is 1. The number of aryl methyl sites for hydroxylation is 1. The molecule has 63 heavy (non-hydrogen) atoms. The Balaban J connectivity index is 0.703. The quantitative estimate of drug-likeness (QED) is 0.139. The summed E-state index contributed by atoms with van der Waals surface area (Å²) < 4.78 is 39.1. The van der Waals surface area contributed by atoms with Gasteiger partial charge in [-0.05, 0) is 80.4 Å². The van der Waals surface area contributed by atoms with Gasteiger partial charge in [0.25, 0.3) is 12.3 Å². The van der Waals surface area contributed by atoms with Gasteiger partial charge in [-0.25, -0.2) is 23.5 Å². The number of nitrogens with two attached hydrogens (primary N) is 1. The van der Waals surface area contributed by atoms with Crippen LogP contribution in [0.2, 0.25) is 0 Å². The fourth-order valence-electron chi connectivity index (χ4n) is 10.9. The third-order valence-electron chi connectivity index (χ3n) is 14.3. The minimum atomic E-state index is -2.88. The molecule has 3 amide bonds. The van der Waals surface area contributed by atoms with Crippen molar-refractivity contribution < 1.29 is 27.9 Å². The van der Waals surface area contributed by atoms with Gasteiger partial charge < -0.3 is 30.5 Å². The number of amides is 3. The first-order chi connectivity index (χ1) is 30.5. The van der Waals surface area contributed by atoms with Crippen molar-refractivity contribution in [3.8, 4) is 0 Å². The SMILES string of the molecule is Cn1c(=O)n(C2CCC(=O)NC2=O)c2cccc([C@H]3C[C@@H]3CN3CCN(CC4CCC(n5cc(NC(=O)C(=CN)c6nccc(N7C[C@H]8CC7CO8)n6)c(C(F)F)n5)CC4)CC3)c21. The van der Waals surface area contributed by atoms with E-state index in [1.807, 2.05) is 12.1 Å². The van der Waals surface area contributed by atoms with Crippen LogP contribution in [0.15, 0.2) is 47.7 Å². The Labute approximate surface area is 362 Å². The van der Waals surface area contributed by atoms with Crippen LogP contribution in [0.5, 0.6) is 0 Å². The van der Waals surface area contributed by atoms with Gasteiger partial charge in [0.1, 0.15) is 11.9 Å². The molecule has 2 saturated carbocycles. The molecule has 2 bridgehead atoms. The van der Waals surface area contributed by atoms with Gasteiger partial charge in [0.2, 0.25) is 11.8 Å². The predicted octanol–water partition coefficient (Wildman–Crippen LogP) is 3.31. The molecule has 7 heterocycles. The van der Waals surface area contributed by atoms with E-state index in [1.165, 1.54) is 6.20 Å². The van der Waals surface area contributed by atoms with Gasteiger partial charge in [-0.15, -0.1) is 0 Å². The highest BCUT2D eigenvalue weighted by Crippen LogP contribution is 2.50. The van der Waals surface area contributed by atoms with E-state index in [2.05, 4.69) is 46.5 Å². The van der Waals surface area contributed by atoms with Gasteiger partial charge in [0.15, 0.2) is 11.5 Å². The van der Waals surface area contributed by atoms with Crippen LogP contribution in [0, 0.1) is 11.8 Å². The minimum absolute atomic E-state index is 0.0214. The van der Waals surface area contributed by atoms with Crippen molar-refractivity contribution in [2.24, 2.45) is 24.6 Å². The van der Waals surface area contributed by atoms with Crippen LogP contribution in [0.3, 0.4) is 0 Å². The van der Waals surface area contributed by atoms with Crippen molar-refractivity contribution in [1.29, 1.82) is 0 Å². The Morgan fingerprint density at radius 3 is 2.49 bits per heavy atom. The Bertz CT molecular complexity index is 2500. The standard InChI is InChI=1S/C44H54F2N12O5/c1-53-39-30(3-2-4-34(39)58(44(53)62)35-9-10-37(59)51-43(35)61)31-17-26(31)21-55-15-13-54(14-16-55)20-25-5-7-27(8-6-25)57-23-33(38(52-57)40(45)46)49-42(60)32(19-47)41-48-12-11-36(50-41)56-22-29-18-28(56)24-63-29/h2-4,11-12,19,23,25-29,31,35,40H,5-10,13-18,20-22,24,47H2,1H3,(H,49,60)(H,51,59,61)/t25?,26-,27?,28?,29-,31+,35?/m1/s1. The van der Waals surface area contributed by atoms with Crippen molar-refractivity contribution in [2.75, 3.05) is 62.6 Å². The second kappa shape index (κ2) is 16.9. The average Bonchev–Trinajstić information content (AvgIpc) is 3.60. The number of fused-ring (bicyclic) bond motifs is 3. The minimum Gasteiger partial charge on any atom is -0.404 e. The van der Waals surface area contributed by atoms with Crippen molar-refractivity contribution in [2.45, 2.75) is 87.9 Å². The summed E-state index contributed by atoms with van der Waals surface area (Å²) in [5.41, 5.74) is 7.85. The third kappa shape index (κ3) is 8.03. The number of nitrogens with zero attached hydrogens (tertiary/aromatic N) is 9. The number of piperazine rings is 1. The zero-order valence-corrected chi connectivity index (χ0v) is 35.4. The summed E-state index contributed by atoms with van der Waals surface area (Å²) in [6.07, 6.45) is 7.47. The lowest BCUT2D eigenvalue weighted by Gasteiger charge is -2.38. The van der Waals surface area contributed by atoms with Crippen LogP contribution >= 0.6 is 0 Å². The van der Waals surface area contributed by atoms with E-state index < -0.39 is 30.0 Å². The Morgan fingerprint density at radius 1 is 1.02 bits per heavy atom.